The van der Waals surface area contributed by atoms with Crippen LogP contribution >= 0.6 is 0 Å². The van der Waals surface area contributed by atoms with E-state index in [0.717, 1.165) is 0 Å². The smallest absolute Gasteiger partial charge is 0.222 e. The van der Waals surface area contributed by atoms with Gasteiger partial charge in [-0.05, 0) is 6.92 Å². The Kier molecular flexibility index (Phi) is 4.20. The molecule has 8 heteroatoms. The zero-order valence-corrected chi connectivity index (χ0v) is 11.5. The van der Waals surface area contributed by atoms with Crippen LogP contribution in [0, 0.1) is 0 Å². The second kappa shape index (κ2) is 5.70. The minimum absolute atomic E-state index is 0.0234. The predicted molar refractivity (Wildman–Crippen MR) is 70.2 cm³/mol. The van der Waals surface area contributed by atoms with Crippen LogP contribution in [0.4, 0.5) is 0 Å². The van der Waals surface area contributed by atoms with E-state index in [4.69, 9.17) is 0 Å². The topological polar surface area (TPSA) is 104 Å². The van der Waals surface area contributed by atoms with Crippen molar-refractivity contribution >= 4 is 15.7 Å². The molecular weight excluding hydrogens is 268 g/mol. The molecule has 106 valence electrons. The van der Waals surface area contributed by atoms with Crippen molar-refractivity contribution in [1.29, 1.82) is 0 Å². The van der Waals surface area contributed by atoms with E-state index in [1.54, 1.807) is 12.4 Å². The molecule has 2 rings (SSSR count). The first kappa shape index (κ1) is 14.0. The van der Waals surface area contributed by atoms with Gasteiger partial charge in [-0.2, -0.15) is 0 Å². The molecule has 1 aliphatic rings. The average Bonchev–Trinajstić information content (AvgIpc) is 2.80. The fourth-order valence-corrected chi connectivity index (χ4v) is 3.55. The van der Waals surface area contributed by atoms with E-state index in [1.807, 2.05) is 6.92 Å². The Balaban J connectivity index is 1.84. The molecule has 2 atom stereocenters. The average molecular weight is 286 g/mol. The fourth-order valence-electron chi connectivity index (χ4n) is 2.11. The van der Waals surface area contributed by atoms with E-state index in [1.165, 1.54) is 0 Å². The summed E-state index contributed by atoms with van der Waals surface area (Å²) in [6, 6.07) is -0.523. The molecule has 7 nitrogen and oxygen atoms in total. The van der Waals surface area contributed by atoms with Gasteiger partial charge in [-0.1, -0.05) is 0 Å². The third kappa shape index (κ3) is 4.03. The molecule has 0 aliphatic carbocycles. The van der Waals surface area contributed by atoms with Crippen LogP contribution in [-0.2, 0) is 14.6 Å². The first-order chi connectivity index (χ1) is 8.96. The van der Waals surface area contributed by atoms with E-state index in [0.29, 0.717) is 12.4 Å². The molecule has 0 saturated carbocycles. The maximum atomic E-state index is 11.8. The van der Waals surface area contributed by atoms with Crippen LogP contribution in [0.15, 0.2) is 12.4 Å². The van der Waals surface area contributed by atoms with Gasteiger partial charge in [0.25, 0.3) is 0 Å². The van der Waals surface area contributed by atoms with Crippen molar-refractivity contribution in [2.75, 3.05) is 18.1 Å². The van der Waals surface area contributed by atoms with Gasteiger partial charge < -0.3 is 15.6 Å². The Labute approximate surface area is 112 Å². The summed E-state index contributed by atoms with van der Waals surface area (Å²) in [6.45, 7) is 2.23. The van der Waals surface area contributed by atoms with Crippen LogP contribution < -0.4 is 10.6 Å². The van der Waals surface area contributed by atoms with Crippen molar-refractivity contribution in [3.8, 4) is 0 Å². The minimum Gasteiger partial charge on any atom is -0.347 e. The Hall–Kier alpha value is -1.41. The summed E-state index contributed by atoms with van der Waals surface area (Å²) in [5, 5.41) is 5.84. The first-order valence-corrected chi connectivity index (χ1v) is 8.01. The van der Waals surface area contributed by atoms with Crippen molar-refractivity contribution in [2.45, 2.75) is 25.4 Å². The predicted octanol–water partition coefficient (Wildman–Crippen LogP) is -0.636. The molecule has 1 fully saturated rings. The number of imidazole rings is 1. The normalized spacial score (nSPS) is 23.7. The van der Waals surface area contributed by atoms with E-state index in [-0.39, 0.29) is 35.9 Å². The highest BCUT2D eigenvalue weighted by Crippen LogP contribution is 2.08. The first-order valence-electron chi connectivity index (χ1n) is 6.19. The molecule has 1 aliphatic heterocycles. The highest BCUT2D eigenvalue weighted by Gasteiger charge is 2.26. The third-order valence-corrected chi connectivity index (χ3v) is 4.78. The second-order valence-electron chi connectivity index (χ2n) is 4.73. The highest BCUT2D eigenvalue weighted by molar-refractivity contribution is 7.91. The molecule has 0 spiro atoms. The van der Waals surface area contributed by atoms with Gasteiger partial charge >= 0.3 is 0 Å². The van der Waals surface area contributed by atoms with Crippen LogP contribution in [-0.4, -0.2) is 48.4 Å². The van der Waals surface area contributed by atoms with Crippen molar-refractivity contribution in [1.82, 2.24) is 20.6 Å². The number of H-pyrrole nitrogens is 1. The van der Waals surface area contributed by atoms with Gasteiger partial charge in [0.15, 0.2) is 9.84 Å². The standard InChI is InChI=1S/C11H18N4O3S/c1-8(11-13-2-3-14-11)15-10(16)6-9-7-19(17,18)5-4-12-9/h2-3,8-9,12H,4-7H2,1H3,(H,13,14)(H,15,16). The lowest BCUT2D eigenvalue weighted by atomic mass is 10.2. The van der Waals surface area contributed by atoms with Gasteiger partial charge in [0.05, 0.1) is 17.5 Å². The molecule has 1 aromatic heterocycles. The lowest BCUT2D eigenvalue weighted by Crippen LogP contribution is -2.47. The molecule has 1 saturated heterocycles. The largest absolute Gasteiger partial charge is 0.347 e. The number of hydrogen-bond acceptors (Lipinski definition) is 5. The summed E-state index contributed by atoms with van der Waals surface area (Å²) in [6.07, 6.45) is 3.46. The second-order valence-corrected chi connectivity index (χ2v) is 6.96. The molecule has 1 aromatic rings. The molecule has 0 bridgehead atoms. The van der Waals surface area contributed by atoms with Gasteiger partial charge in [-0.25, -0.2) is 13.4 Å². The van der Waals surface area contributed by atoms with Gasteiger partial charge in [0.1, 0.15) is 5.82 Å². The molecule has 0 radical (unpaired) electrons. The molecule has 19 heavy (non-hydrogen) atoms. The van der Waals surface area contributed by atoms with Crippen LogP contribution in [0.3, 0.4) is 0 Å². The maximum Gasteiger partial charge on any atom is 0.222 e. The number of amides is 1. The summed E-state index contributed by atoms with van der Waals surface area (Å²) >= 11 is 0. The zero-order valence-electron chi connectivity index (χ0n) is 10.7. The van der Waals surface area contributed by atoms with E-state index in [2.05, 4.69) is 20.6 Å². The highest BCUT2D eigenvalue weighted by atomic mass is 32.2. The summed E-state index contributed by atoms with van der Waals surface area (Å²) < 4.78 is 22.9. The number of aromatic amines is 1. The van der Waals surface area contributed by atoms with E-state index in [9.17, 15) is 13.2 Å². The number of carbonyl (C=O) groups is 1. The Bertz CT molecular complexity index is 526. The van der Waals surface area contributed by atoms with Crippen LogP contribution in [0.1, 0.15) is 25.2 Å². The van der Waals surface area contributed by atoms with Gasteiger partial charge in [0.2, 0.25) is 5.91 Å². The Morgan fingerprint density at radius 3 is 3.05 bits per heavy atom. The fraction of sp³-hybridized carbons (Fsp3) is 0.636. The van der Waals surface area contributed by atoms with Crippen LogP contribution in [0.2, 0.25) is 0 Å². The zero-order chi connectivity index (χ0) is 13.9. The number of carbonyl (C=O) groups excluding carboxylic acids is 1. The number of nitrogens with zero attached hydrogens (tertiary/aromatic N) is 1. The van der Waals surface area contributed by atoms with Crippen molar-refractivity contribution in [3.05, 3.63) is 18.2 Å². The van der Waals surface area contributed by atoms with Gasteiger partial charge in [-0.15, -0.1) is 0 Å². The number of rotatable bonds is 4. The maximum absolute atomic E-state index is 11.8. The molecular formula is C11H18N4O3S. The summed E-state index contributed by atoms with van der Waals surface area (Å²) in [5.74, 6) is 0.666. The summed E-state index contributed by atoms with van der Waals surface area (Å²) in [5.41, 5.74) is 0. The molecule has 1 amide bonds. The third-order valence-electron chi connectivity index (χ3n) is 3.04. The van der Waals surface area contributed by atoms with Gasteiger partial charge in [-0.3, -0.25) is 4.79 Å². The number of hydrogen-bond donors (Lipinski definition) is 3. The lowest BCUT2D eigenvalue weighted by Gasteiger charge is -2.23. The van der Waals surface area contributed by atoms with Crippen molar-refractivity contribution in [3.63, 3.8) is 0 Å². The van der Waals surface area contributed by atoms with Crippen molar-refractivity contribution < 1.29 is 13.2 Å². The quantitative estimate of drug-likeness (QED) is 0.683. The van der Waals surface area contributed by atoms with Crippen molar-refractivity contribution in [2.24, 2.45) is 0 Å². The number of nitrogens with one attached hydrogen (secondary N) is 3. The molecule has 2 heterocycles. The summed E-state index contributed by atoms with van der Waals surface area (Å²) in [7, 11) is -3.01. The summed E-state index contributed by atoms with van der Waals surface area (Å²) in [4.78, 5) is 18.8. The molecule has 0 aromatic carbocycles. The monoisotopic (exact) mass is 286 g/mol. The van der Waals surface area contributed by atoms with Crippen LogP contribution in [0.5, 0.6) is 0 Å². The minimum atomic E-state index is -3.01. The number of sulfone groups is 1. The Morgan fingerprint density at radius 2 is 2.42 bits per heavy atom. The van der Waals surface area contributed by atoms with E-state index < -0.39 is 9.84 Å². The molecule has 2 unspecified atom stereocenters. The van der Waals surface area contributed by atoms with Crippen LogP contribution in [0.25, 0.3) is 0 Å². The van der Waals surface area contributed by atoms with Gasteiger partial charge in [0, 0.05) is 31.4 Å². The number of aromatic nitrogens is 2. The lowest BCUT2D eigenvalue weighted by molar-refractivity contribution is -0.122. The Morgan fingerprint density at radius 1 is 1.63 bits per heavy atom. The van der Waals surface area contributed by atoms with E-state index >= 15 is 0 Å². The SMILES string of the molecule is CC(NC(=O)CC1CS(=O)(=O)CCN1)c1ncc[nH]1. The molecule has 3 N–H and O–H groups in total.